The Kier molecular flexibility index (Phi) is 5.21. The first-order chi connectivity index (χ1) is 3.79. The van der Waals surface area contributed by atoms with E-state index in [-0.39, 0.29) is 57.1 Å². The third-order valence-electron chi connectivity index (χ3n) is 0.814. The van der Waals surface area contributed by atoms with Crippen LogP contribution in [-0.4, -0.2) is 0 Å². The third kappa shape index (κ3) is 3.60. The van der Waals surface area contributed by atoms with Gasteiger partial charge in [0.1, 0.15) is 0 Å². The molecule has 0 radical (unpaired) electrons. The fourth-order valence-corrected chi connectivity index (χ4v) is 0.561. The summed E-state index contributed by atoms with van der Waals surface area (Å²) in [4.78, 5) is 0. The monoisotopic (exact) mass is 166 g/mol. The van der Waals surface area contributed by atoms with Gasteiger partial charge in [-0.2, -0.15) is 0 Å². The van der Waals surface area contributed by atoms with Gasteiger partial charge in [0.2, 0.25) is 0 Å². The minimum absolute atomic E-state index is 0. The van der Waals surface area contributed by atoms with Crippen LogP contribution in [0.15, 0.2) is 24.3 Å². The Morgan fingerprint density at radius 1 is 1.11 bits per heavy atom. The number of rotatable bonds is 0. The first kappa shape index (κ1) is 9.95. The normalized spacial score (nSPS) is 8.11. The van der Waals surface area contributed by atoms with Crippen molar-refractivity contribution in [3.05, 3.63) is 29.3 Å². The van der Waals surface area contributed by atoms with Crippen molar-refractivity contribution in [2.45, 2.75) is 0 Å². The van der Waals surface area contributed by atoms with Gasteiger partial charge in [-0.15, -0.1) is 5.75 Å². The van der Waals surface area contributed by atoms with Gasteiger partial charge in [-0.05, 0) is 12.1 Å². The van der Waals surface area contributed by atoms with Gasteiger partial charge in [0.15, 0.2) is 0 Å². The maximum absolute atomic E-state index is 10.4. The summed E-state index contributed by atoms with van der Waals surface area (Å²) in [5, 5.41) is 11.0. The summed E-state index contributed by atoms with van der Waals surface area (Å²) in [6.07, 6.45) is 0. The Bertz CT molecular complexity index is 152. The summed E-state index contributed by atoms with van der Waals surface area (Å²) in [6.45, 7) is 0. The van der Waals surface area contributed by atoms with Crippen LogP contribution in [0.1, 0.15) is 0 Å². The molecule has 3 heteroatoms. The first-order valence-electron chi connectivity index (χ1n) is 2.21. The van der Waals surface area contributed by atoms with Crippen LogP contribution < -0.4 is 56.5 Å². The molecular formula is C6H4ClKO. The molecule has 1 rings (SSSR count). The van der Waals surface area contributed by atoms with Gasteiger partial charge >= 0.3 is 51.4 Å². The molecule has 0 aromatic heterocycles. The molecule has 0 fully saturated rings. The fourth-order valence-electron chi connectivity index (χ4n) is 0.435. The van der Waals surface area contributed by atoms with Crippen molar-refractivity contribution in [1.29, 1.82) is 0 Å². The van der Waals surface area contributed by atoms with Crippen LogP contribution in [0.25, 0.3) is 0 Å². The van der Waals surface area contributed by atoms with Crippen molar-refractivity contribution in [2.75, 3.05) is 0 Å². The number of benzene rings is 1. The van der Waals surface area contributed by atoms with Crippen molar-refractivity contribution < 1.29 is 56.5 Å². The van der Waals surface area contributed by atoms with Crippen molar-refractivity contribution in [3.63, 3.8) is 0 Å². The van der Waals surface area contributed by atoms with Gasteiger partial charge in [0.25, 0.3) is 0 Å². The molecule has 0 saturated heterocycles. The molecule has 0 atom stereocenters. The second kappa shape index (κ2) is 4.71. The topological polar surface area (TPSA) is 23.1 Å². The molecule has 0 aliphatic carbocycles. The zero-order chi connectivity index (χ0) is 5.98. The SMILES string of the molecule is [K+].[O-]c1ccc(Cl)cc1. The molecule has 0 aliphatic rings. The van der Waals surface area contributed by atoms with Crippen LogP contribution in [0.5, 0.6) is 5.75 Å². The molecule has 42 valence electrons. The molecule has 0 amide bonds. The van der Waals surface area contributed by atoms with Gasteiger partial charge in [0, 0.05) is 5.02 Å². The van der Waals surface area contributed by atoms with Crippen LogP contribution in [0.2, 0.25) is 5.02 Å². The summed E-state index contributed by atoms with van der Waals surface area (Å²) < 4.78 is 0. The van der Waals surface area contributed by atoms with E-state index >= 15 is 0 Å². The van der Waals surface area contributed by atoms with Crippen LogP contribution in [0.3, 0.4) is 0 Å². The van der Waals surface area contributed by atoms with Crippen molar-refractivity contribution in [1.82, 2.24) is 0 Å². The molecule has 0 spiro atoms. The molecule has 0 heterocycles. The van der Waals surface area contributed by atoms with E-state index in [4.69, 9.17) is 11.6 Å². The molecule has 1 aromatic rings. The quantitative estimate of drug-likeness (QED) is 0.427. The smallest absolute Gasteiger partial charge is 0.872 e. The van der Waals surface area contributed by atoms with Crippen molar-refractivity contribution >= 4 is 11.6 Å². The maximum Gasteiger partial charge on any atom is 1.00 e. The average molecular weight is 167 g/mol. The van der Waals surface area contributed by atoms with E-state index in [9.17, 15) is 5.11 Å². The van der Waals surface area contributed by atoms with E-state index in [1.807, 2.05) is 0 Å². The fraction of sp³-hybridized carbons (Fsp3) is 0. The standard InChI is InChI=1S/C6H5ClO.K/c7-5-1-3-6(8)4-2-5;/h1-4,8H;/q;+1/p-1. The van der Waals surface area contributed by atoms with E-state index in [2.05, 4.69) is 0 Å². The Morgan fingerprint density at radius 2 is 1.56 bits per heavy atom. The minimum atomic E-state index is -0.00519. The zero-order valence-electron chi connectivity index (χ0n) is 5.10. The van der Waals surface area contributed by atoms with Gasteiger partial charge in [-0.3, -0.25) is 0 Å². The number of hydrogen-bond donors (Lipinski definition) is 0. The predicted octanol–water partition coefficient (Wildman–Crippen LogP) is -1.58. The molecule has 0 bridgehead atoms. The van der Waals surface area contributed by atoms with E-state index < -0.39 is 0 Å². The Balaban J connectivity index is 0.000000640. The van der Waals surface area contributed by atoms with E-state index in [0.29, 0.717) is 5.02 Å². The molecule has 0 saturated carbocycles. The van der Waals surface area contributed by atoms with Crippen LogP contribution in [0, 0.1) is 0 Å². The van der Waals surface area contributed by atoms with E-state index in [0.717, 1.165) is 0 Å². The first-order valence-corrected chi connectivity index (χ1v) is 2.59. The summed E-state index contributed by atoms with van der Waals surface area (Å²) in [5.41, 5.74) is 0. The second-order valence-corrected chi connectivity index (χ2v) is 1.89. The molecule has 0 aliphatic heterocycles. The van der Waals surface area contributed by atoms with Crippen LogP contribution in [0.4, 0.5) is 0 Å². The van der Waals surface area contributed by atoms with Crippen LogP contribution >= 0.6 is 11.6 Å². The van der Waals surface area contributed by atoms with E-state index in [1.54, 1.807) is 12.1 Å². The maximum atomic E-state index is 10.4. The molecule has 1 aromatic carbocycles. The average Bonchev–Trinajstić information content (AvgIpc) is 1.77. The minimum Gasteiger partial charge on any atom is -0.872 e. The molecular weight excluding hydrogens is 163 g/mol. The van der Waals surface area contributed by atoms with Gasteiger partial charge in [0.05, 0.1) is 0 Å². The zero-order valence-corrected chi connectivity index (χ0v) is 8.97. The van der Waals surface area contributed by atoms with Crippen molar-refractivity contribution in [3.8, 4) is 5.75 Å². The molecule has 1 nitrogen and oxygen atoms in total. The van der Waals surface area contributed by atoms with Gasteiger partial charge in [-0.25, -0.2) is 0 Å². The number of hydrogen-bond acceptors (Lipinski definition) is 1. The predicted molar refractivity (Wildman–Crippen MR) is 30.9 cm³/mol. The Labute approximate surface area is 101 Å². The third-order valence-corrected chi connectivity index (χ3v) is 1.07. The second-order valence-electron chi connectivity index (χ2n) is 1.45. The van der Waals surface area contributed by atoms with E-state index in [1.165, 1.54) is 12.1 Å². The molecule has 0 unspecified atom stereocenters. The summed E-state index contributed by atoms with van der Waals surface area (Å²) in [5.74, 6) is -0.00519. The summed E-state index contributed by atoms with van der Waals surface area (Å²) in [7, 11) is 0. The number of halogens is 1. The summed E-state index contributed by atoms with van der Waals surface area (Å²) in [6, 6.07) is 6.01. The van der Waals surface area contributed by atoms with Gasteiger partial charge < -0.3 is 5.11 Å². The molecule has 0 N–H and O–H groups in total. The van der Waals surface area contributed by atoms with Crippen LogP contribution in [-0.2, 0) is 0 Å². The van der Waals surface area contributed by atoms with Crippen molar-refractivity contribution in [2.24, 2.45) is 0 Å². The van der Waals surface area contributed by atoms with Gasteiger partial charge in [-0.1, -0.05) is 23.7 Å². The Morgan fingerprint density at radius 3 is 1.89 bits per heavy atom. The summed E-state index contributed by atoms with van der Waals surface area (Å²) >= 11 is 5.47. The Hall–Kier alpha value is 0.946. The molecule has 9 heavy (non-hydrogen) atoms. The largest absolute Gasteiger partial charge is 1.00 e.